The summed E-state index contributed by atoms with van der Waals surface area (Å²) in [6, 6.07) is 5.89. The highest BCUT2D eigenvalue weighted by Crippen LogP contribution is 2.30. The van der Waals surface area contributed by atoms with Gasteiger partial charge < -0.3 is 24.3 Å². The fourth-order valence-electron chi connectivity index (χ4n) is 2.98. The van der Waals surface area contributed by atoms with Crippen molar-refractivity contribution in [2.24, 2.45) is 0 Å². The molecule has 3 rings (SSSR count). The van der Waals surface area contributed by atoms with Gasteiger partial charge in [-0.2, -0.15) is 0 Å². The van der Waals surface area contributed by atoms with Gasteiger partial charge in [0.15, 0.2) is 11.5 Å². The molecule has 2 aliphatic rings. The van der Waals surface area contributed by atoms with Crippen LogP contribution >= 0.6 is 0 Å². The number of carbonyl (C=O) groups excluding carboxylic acids is 1. The van der Waals surface area contributed by atoms with Crippen LogP contribution < -0.4 is 14.8 Å². The minimum atomic E-state index is -0.467. The monoisotopic (exact) mass is 349 g/mol. The van der Waals surface area contributed by atoms with Crippen molar-refractivity contribution in [3.8, 4) is 11.5 Å². The van der Waals surface area contributed by atoms with Gasteiger partial charge in [-0.15, -0.1) is 0 Å². The van der Waals surface area contributed by atoms with Gasteiger partial charge in [0.05, 0.1) is 12.7 Å². The average Bonchev–Trinajstić information content (AvgIpc) is 2.66. The summed E-state index contributed by atoms with van der Waals surface area (Å²) in [4.78, 5) is 12.1. The number of hydrogen-bond donors (Lipinski definition) is 1. The van der Waals surface area contributed by atoms with Gasteiger partial charge in [0.1, 0.15) is 19.3 Å². The molecule has 0 aliphatic carbocycles. The molecule has 138 valence electrons. The summed E-state index contributed by atoms with van der Waals surface area (Å²) in [5, 5.41) is 2.92. The third-order valence-electron chi connectivity index (χ3n) is 4.49. The molecular formula is C19H27NO5. The molecule has 0 aromatic heterocycles. The molecule has 1 amide bonds. The SMILES string of the molecule is C[C@H](OC[C@H]1CCCCO1)C(=O)NCCc1ccc2c(c1)OCCO2. The summed E-state index contributed by atoms with van der Waals surface area (Å²) in [5.41, 5.74) is 1.11. The minimum absolute atomic E-state index is 0.0895. The van der Waals surface area contributed by atoms with Gasteiger partial charge in [-0.3, -0.25) is 4.79 Å². The Morgan fingerprint density at radius 2 is 2.08 bits per heavy atom. The number of ether oxygens (including phenoxy) is 4. The van der Waals surface area contributed by atoms with Crippen molar-refractivity contribution in [1.29, 1.82) is 0 Å². The molecule has 1 aromatic rings. The molecular weight excluding hydrogens is 322 g/mol. The van der Waals surface area contributed by atoms with E-state index >= 15 is 0 Å². The Morgan fingerprint density at radius 1 is 1.24 bits per heavy atom. The van der Waals surface area contributed by atoms with Gasteiger partial charge in [0.25, 0.3) is 0 Å². The highest BCUT2D eigenvalue weighted by molar-refractivity contribution is 5.80. The van der Waals surface area contributed by atoms with Crippen LogP contribution in [-0.2, 0) is 20.7 Å². The summed E-state index contributed by atoms with van der Waals surface area (Å²) in [5.74, 6) is 1.47. The Hall–Kier alpha value is -1.79. The highest BCUT2D eigenvalue weighted by atomic mass is 16.6. The molecule has 0 spiro atoms. The van der Waals surface area contributed by atoms with Crippen molar-refractivity contribution in [3.63, 3.8) is 0 Å². The van der Waals surface area contributed by atoms with E-state index in [1.54, 1.807) is 6.92 Å². The first kappa shape index (κ1) is 18.0. The molecule has 0 bridgehead atoms. The maximum absolute atomic E-state index is 12.1. The molecule has 0 saturated carbocycles. The van der Waals surface area contributed by atoms with E-state index in [9.17, 15) is 4.79 Å². The normalized spacial score (nSPS) is 20.8. The summed E-state index contributed by atoms with van der Waals surface area (Å²) in [6.45, 7) is 4.79. The molecule has 2 atom stereocenters. The Labute approximate surface area is 148 Å². The number of benzene rings is 1. The number of carbonyl (C=O) groups is 1. The summed E-state index contributed by atoms with van der Waals surface area (Å²) in [6.07, 6.45) is 3.70. The van der Waals surface area contributed by atoms with Crippen LogP contribution in [0, 0.1) is 0 Å². The standard InChI is InChI=1S/C19H27NO5/c1-14(25-13-16-4-2-3-9-22-16)19(21)20-8-7-15-5-6-17-18(12-15)24-11-10-23-17/h5-6,12,14,16H,2-4,7-11,13H2,1H3,(H,20,21)/t14-,16+/m0/s1. The maximum atomic E-state index is 12.1. The fraction of sp³-hybridized carbons (Fsp3) is 0.632. The topological polar surface area (TPSA) is 66.0 Å². The lowest BCUT2D eigenvalue weighted by molar-refractivity contribution is -0.135. The van der Waals surface area contributed by atoms with Crippen molar-refractivity contribution in [3.05, 3.63) is 23.8 Å². The number of rotatable bonds is 7. The number of amides is 1. The lowest BCUT2D eigenvalue weighted by Crippen LogP contribution is -2.37. The van der Waals surface area contributed by atoms with E-state index in [0.717, 1.165) is 42.9 Å². The second-order valence-corrected chi connectivity index (χ2v) is 6.48. The minimum Gasteiger partial charge on any atom is -0.486 e. The van der Waals surface area contributed by atoms with E-state index < -0.39 is 6.10 Å². The molecule has 6 nitrogen and oxygen atoms in total. The van der Waals surface area contributed by atoms with Crippen LogP contribution in [0.4, 0.5) is 0 Å². The van der Waals surface area contributed by atoms with Crippen LogP contribution in [0.15, 0.2) is 18.2 Å². The summed E-state index contributed by atoms with van der Waals surface area (Å²) in [7, 11) is 0. The zero-order chi connectivity index (χ0) is 17.5. The predicted molar refractivity (Wildman–Crippen MR) is 93.2 cm³/mol. The Balaban J connectivity index is 1.36. The number of hydrogen-bond acceptors (Lipinski definition) is 5. The van der Waals surface area contributed by atoms with Gasteiger partial charge in [-0.05, 0) is 50.3 Å². The number of nitrogens with one attached hydrogen (secondary N) is 1. The van der Waals surface area contributed by atoms with Crippen LogP contribution in [0.1, 0.15) is 31.7 Å². The lowest BCUT2D eigenvalue weighted by Gasteiger charge is -2.24. The van der Waals surface area contributed by atoms with Crippen molar-refractivity contribution < 1.29 is 23.7 Å². The van der Waals surface area contributed by atoms with Gasteiger partial charge >= 0.3 is 0 Å². The first-order chi connectivity index (χ1) is 12.2. The van der Waals surface area contributed by atoms with Gasteiger partial charge in [0, 0.05) is 13.2 Å². The van der Waals surface area contributed by atoms with E-state index in [0.29, 0.717) is 26.4 Å². The first-order valence-corrected chi connectivity index (χ1v) is 9.12. The molecule has 1 N–H and O–H groups in total. The third kappa shape index (κ3) is 5.34. The van der Waals surface area contributed by atoms with Crippen LogP contribution in [0.5, 0.6) is 11.5 Å². The van der Waals surface area contributed by atoms with Crippen LogP contribution in [0.2, 0.25) is 0 Å². The Bertz CT molecular complexity index is 571. The second kappa shape index (κ2) is 9.06. The number of fused-ring (bicyclic) bond motifs is 1. The molecule has 0 unspecified atom stereocenters. The zero-order valence-electron chi connectivity index (χ0n) is 14.8. The van der Waals surface area contributed by atoms with Crippen LogP contribution in [0.25, 0.3) is 0 Å². The molecule has 1 fully saturated rings. The molecule has 25 heavy (non-hydrogen) atoms. The van der Waals surface area contributed by atoms with Crippen molar-refractivity contribution >= 4 is 5.91 Å². The highest BCUT2D eigenvalue weighted by Gasteiger charge is 2.18. The van der Waals surface area contributed by atoms with Gasteiger partial charge in [-0.1, -0.05) is 6.07 Å². The molecule has 2 aliphatic heterocycles. The van der Waals surface area contributed by atoms with Crippen LogP contribution in [0.3, 0.4) is 0 Å². The molecule has 0 radical (unpaired) electrons. The van der Waals surface area contributed by atoms with E-state index in [-0.39, 0.29) is 12.0 Å². The predicted octanol–water partition coefficient (Wildman–Crippen LogP) is 2.09. The van der Waals surface area contributed by atoms with E-state index in [1.165, 1.54) is 6.42 Å². The smallest absolute Gasteiger partial charge is 0.248 e. The third-order valence-corrected chi connectivity index (χ3v) is 4.49. The van der Waals surface area contributed by atoms with Crippen LogP contribution in [-0.4, -0.2) is 51.1 Å². The van der Waals surface area contributed by atoms with Crippen molar-refractivity contribution in [1.82, 2.24) is 5.32 Å². The largest absolute Gasteiger partial charge is 0.486 e. The van der Waals surface area contributed by atoms with E-state index in [2.05, 4.69) is 5.32 Å². The lowest BCUT2D eigenvalue weighted by atomic mass is 10.1. The molecule has 1 saturated heterocycles. The molecule has 1 aromatic carbocycles. The fourth-order valence-corrected chi connectivity index (χ4v) is 2.98. The Morgan fingerprint density at radius 3 is 2.88 bits per heavy atom. The second-order valence-electron chi connectivity index (χ2n) is 6.48. The van der Waals surface area contributed by atoms with E-state index in [4.69, 9.17) is 18.9 Å². The maximum Gasteiger partial charge on any atom is 0.248 e. The summed E-state index contributed by atoms with van der Waals surface area (Å²) >= 11 is 0. The van der Waals surface area contributed by atoms with Gasteiger partial charge in [-0.25, -0.2) is 0 Å². The Kier molecular flexibility index (Phi) is 6.53. The zero-order valence-corrected chi connectivity index (χ0v) is 14.8. The quantitative estimate of drug-likeness (QED) is 0.816. The van der Waals surface area contributed by atoms with E-state index in [1.807, 2.05) is 18.2 Å². The first-order valence-electron chi connectivity index (χ1n) is 9.12. The van der Waals surface area contributed by atoms with Crippen molar-refractivity contribution in [2.75, 3.05) is 33.0 Å². The molecule has 6 heteroatoms. The average molecular weight is 349 g/mol. The summed E-state index contributed by atoms with van der Waals surface area (Å²) < 4.78 is 22.3. The van der Waals surface area contributed by atoms with Crippen molar-refractivity contribution in [2.45, 2.75) is 44.8 Å². The molecule has 2 heterocycles. The van der Waals surface area contributed by atoms with Gasteiger partial charge in [0.2, 0.25) is 5.91 Å².